The van der Waals surface area contributed by atoms with Crippen molar-refractivity contribution in [1.82, 2.24) is 10.2 Å². The van der Waals surface area contributed by atoms with Crippen molar-refractivity contribution in [3.8, 4) is 0 Å². The average molecular weight is 479 g/mol. The summed E-state index contributed by atoms with van der Waals surface area (Å²) in [4.78, 5) is 29.4. The number of carbonyl (C=O) groups excluding carboxylic acids is 2. The maximum Gasteiger partial charge on any atom is 0.243 e. The molecule has 0 fully saturated rings. The van der Waals surface area contributed by atoms with E-state index >= 15 is 0 Å². The number of hydrogen-bond acceptors (Lipinski definition) is 3. The monoisotopic (exact) mass is 478 g/mol. The normalized spacial score (nSPS) is 12.6. The van der Waals surface area contributed by atoms with Crippen molar-refractivity contribution < 1.29 is 14.0 Å². The third-order valence-electron chi connectivity index (χ3n) is 5.68. The molecular weight excluding hydrogens is 447 g/mol. The van der Waals surface area contributed by atoms with Crippen LogP contribution in [0, 0.1) is 5.82 Å². The van der Waals surface area contributed by atoms with Crippen LogP contribution in [0.25, 0.3) is 0 Å². The standard InChI is InChI=1S/C28H31FN2O2S/c1-3-21(2)30-28(33)26(18-22-12-6-4-7-13-22)31(19-23-14-10-11-17-25(23)29)27(32)20-34-24-15-8-5-9-16-24/h4-17,21,26H,3,18-20H2,1-2H3,(H,30,33)/t21-,26+/m0/s1. The molecule has 0 aliphatic rings. The third-order valence-corrected chi connectivity index (χ3v) is 6.67. The maximum absolute atomic E-state index is 14.6. The first-order chi connectivity index (χ1) is 16.5. The molecule has 4 nitrogen and oxygen atoms in total. The minimum absolute atomic E-state index is 0.0201. The van der Waals surface area contributed by atoms with Gasteiger partial charge in [-0.3, -0.25) is 9.59 Å². The average Bonchev–Trinajstić information content (AvgIpc) is 2.86. The number of nitrogens with zero attached hydrogens (tertiary/aromatic N) is 1. The Kier molecular flexibility index (Phi) is 9.71. The van der Waals surface area contributed by atoms with Crippen LogP contribution in [0.5, 0.6) is 0 Å². The van der Waals surface area contributed by atoms with E-state index in [1.165, 1.54) is 22.7 Å². The second-order valence-corrected chi connectivity index (χ2v) is 9.29. The molecule has 2 amide bonds. The van der Waals surface area contributed by atoms with E-state index in [0.29, 0.717) is 12.0 Å². The molecule has 0 aromatic heterocycles. The van der Waals surface area contributed by atoms with E-state index in [4.69, 9.17) is 0 Å². The van der Waals surface area contributed by atoms with Crippen molar-refractivity contribution in [3.63, 3.8) is 0 Å². The summed E-state index contributed by atoms with van der Waals surface area (Å²) in [6.45, 7) is 3.95. The smallest absolute Gasteiger partial charge is 0.243 e. The van der Waals surface area contributed by atoms with Gasteiger partial charge in [0.2, 0.25) is 11.8 Å². The number of nitrogens with one attached hydrogen (secondary N) is 1. The van der Waals surface area contributed by atoms with E-state index in [-0.39, 0.29) is 30.2 Å². The van der Waals surface area contributed by atoms with E-state index in [2.05, 4.69) is 5.32 Å². The second kappa shape index (κ2) is 12.9. The lowest BCUT2D eigenvalue weighted by molar-refractivity contribution is -0.139. The highest BCUT2D eigenvalue weighted by Gasteiger charge is 2.31. The van der Waals surface area contributed by atoms with E-state index in [1.54, 1.807) is 18.2 Å². The number of thioether (sulfide) groups is 1. The topological polar surface area (TPSA) is 49.4 Å². The van der Waals surface area contributed by atoms with Gasteiger partial charge in [-0.1, -0.05) is 73.7 Å². The Morgan fingerprint density at radius 2 is 1.56 bits per heavy atom. The number of amides is 2. The summed E-state index contributed by atoms with van der Waals surface area (Å²) in [7, 11) is 0. The van der Waals surface area contributed by atoms with Gasteiger partial charge in [-0.05, 0) is 37.1 Å². The highest BCUT2D eigenvalue weighted by molar-refractivity contribution is 8.00. The molecule has 0 aliphatic carbocycles. The molecule has 0 bridgehead atoms. The van der Waals surface area contributed by atoms with Crippen LogP contribution in [0.15, 0.2) is 89.8 Å². The van der Waals surface area contributed by atoms with Crippen molar-refractivity contribution in [2.24, 2.45) is 0 Å². The van der Waals surface area contributed by atoms with Crippen LogP contribution in [0.1, 0.15) is 31.4 Å². The summed E-state index contributed by atoms with van der Waals surface area (Å²) in [5.74, 6) is -0.679. The van der Waals surface area contributed by atoms with Gasteiger partial charge in [0.15, 0.2) is 0 Å². The molecule has 3 aromatic rings. The van der Waals surface area contributed by atoms with Gasteiger partial charge in [0.25, 0.3) is 0 Å². The molecule has 0 unspecified atom stereocenters. The SMILES string of the molecule is CC[C@H](C)NC(=O)[C@@H](Cc1ccccc1)N(Cc1ccccc1F)C(=O)CSc1ccccc1. The van der Waals surface area contributed by atoms with Gasteiger partial charge in [0.1, 0.15) is 11.9 Å². The molecule has 2 atom stereocenters. The van der Waals surface area contributed by atoms with Crippen LogP contribution >= 0.6 is 11.8 Å². The number of rotatable bonds is 11. The van der Waals surface area contributed by atoms with Crippen molar-refractivity contribution in [2.45, 2.75) is 50.2 Å². The Balaban J connectivity index is 1.92. The predicted octanol–water partition coefficient (Wildman–Crippen LogP) is 5.47. The molecule has 178 valence electrons. The predicted molar refractivity (Wildman–Crippen MR) is 136 cm³/mol. The summed E-state index contributed by atoms with van der Waals surface area (Å²) in [6.07, 6.45) is 1.12. The van der Waals surface area contributed by atoms with Gasteiger partial charge in [0, 0.05) is 29.5 Å². The first-order valence-corrected chi connectivity index (χ1v) is 12.5. The molecular formula is C28H31FN2O2S. The molecule has 0 saturated carbocycles. The fourth-order valence-corrected chi connectivity index (χ4v) is 4.36. The fourth-order valence-electron chi connectivity index (χ4n) is 3.55. The summed E-state index contributed by atoms with van der Waals surface area (Å²) in [6, 6.07) is 24.8. The van der Waals surface area contributed by atoms with E-state index in [1.807, 2.05) is 74.5 Å². The summed E-state index contributed by atoms with van der Waals surface area (Å²) >= 11 is 1.41. The van der Waals surface area contributed by atoms with Gasteiger partial charge in [-0.15, -0.1) is 11.8 Å². The Morgan fingerprint density at radius 3 is 2.21 bits per heavy atom. The zero-order valence-electron chi connectivity index (χ0n) is 19.6. The molecule has 0 saturated heterocycles. The Labute approximate surface area is 205 Å². The number of carbonyl (C=O) groups is 2. The van der Waals surface area contributed by atoms with Crippen LogP contribution < -0.4 is 5.32 Å². The highest BCUT2D eigenvalue weighted by atomic mass is 32.2. The van der Waals surface area contributed by atoms with Crippen LogP contribution in [0.4, 0.5) is 4.39 Å². The highest BCUT2D eigenvalue weighted by Crippen LogP contribution is 2.21. The van der Waals surface area contributed by atoms with Crippen LogP contribution in [-0.2, 0) is 22.6 Å². The van der Waals surface area contributed by atoms with Gasteiger partial charge >= 0.3 is 0 Å². The third kappa shape index (κ3) is 7.45. The second-order valence-electron chi connectivity index (χ2n) is 8.24. The molecule has 6 heteroatoms. The quantitative estimate of drug-likeness (QED) is 0.372. The first kappa shape index (κ1) is 25.5. The van der Waals surface area contributed by atoms with E-state index in [9.17, 15) is 14.0 Å². The Bertz CT molecular complexity index is 1060. The zero-order chi connectivity index (χ0) is 24.3. The molecule has 3 aromatic carbocycles. The lowest BCUT2D eigenvalue weighted by Gasteiger charge is -2.32. The molecule has 34 heavy (non-hydrogen) atoms. The van der Waals surface area contributed by atoms with Gasteiger partial charge in [-0.2, -0.15) is 0 Å². The molecule has 3 rings (SSSR count). The van der Waals surface area contributed by atoms with Crippen molar-refractivity contribution in [2.75, 3.05) is 5.75 Å². The fraction of sp³-hybridized carbons (Fsp3) is 0.286. The molecule has 0 heterocycles. The Hall–Kier alpha value is -3.12. The minimum atomic E-state index is -0.764. The minimum Gasteiger partial charge on any atom is -0.352 e. The van der Waals surface area contributed by atoms with Crippen molar-refractivity contribution >= 4 is 23.6 Å². The van der Waals surface area contributed by atoms with Gasteiger partial charge in [-0.25, -0.2) is 4.39 Å². The van der Waals surface area contributed by atoms with Crippen molar-refractivity contribution in [1.29, 1.82) is 0 Å². The number of hydrogen-bond donors (Lipinski definition) is 1. The first-order valence-electron chi connectivity index (χ1n) is 11.5. The summed E-state index contributed by atoms with van der Waals surface area (Å²) in [5, 5.41) is 3.03. The van der Waals surface area contributed by atoms with Gasteiger partial charge < -0.3 is 10.2 Å². The van der Waals surface area contributed by atoms with Gasteiger partial charge in [0.05, 0.1) is 5.75 Å². The van der Waals surface area contributed by atoms with E-state index in [0.717, 1.165) is 16.9 Å². The summed E-state index contributed by atoms with van der Waals surface area (Å²) < 4.78 is 14.6. The number of halogens is 1. The number of benzene rings is 3. The van der Waals surface area contributed by atoms with E-state index < -0.39 is 11.9 Å². The largest absolute Gasteiger partial charge is 0.352 e. The molecule has 1 N–H and O–H groups in total. The molecule has 0 spiro atoms. The van der Waals surface area contributed by atoms with Crippen molar-refractivity contribution in [3.05, 3.63) is 102 Å². The van der Waals surface area contributed by atoms with Crippen LogP contribution in [0.2, 0.25) is 0 Å². The lowest BCUT2D eigenvalue weighted by atomic mass is 10.0. The van der Waals surface area contributed by atoms with Crippen LogP contribution in [0.3, 0.4) is 0 Å². The summed E-state index contributed by atoms with van der Waals surface area (Å²) in [5.41, 5.74) is 1.32. The maximum atomic E-state index is 14.6. The zero-order valence-corrected chi connectivity index (χ0v) is 20.4. The molecule has 0 aliphatic heterocycles. The van der Waals surface area contributed by atoms with Crippen LogP contribution in [-0.4, -0.2) is 34.6 Å². The Morgan fingerprint density at radius 1 is 0.941 bits per heavy atom. The molecule has 0 radical (unpaired) electrons. The lowest BCUT2D eigenvalue weighted by Crippen LogP contribution is -2.52.